The lowest BCUT2D eigenvalue weighted by Crippen LogP contribution is -2.43. The zero-order chi connectivity index (χ0) is 20.7. The standard InChI is InChI=1S/C23H26N2O4S/c1-15-3-10-30-20(15)12-19-21(26)18-11-17-13-25(5-4-24-6-8-27-9-7-24)14-28-22(17)16(2)23(18)29-19/h3,10-12H,4-9,13-14H2,1-2H3/b19-12-. The molecule has 0 bridgehead atoms. The predicted molar refractivity (Wildman–Crippen MR) is 116 cm³/mol. The summed E-state index contributed by atoms with van der Waals surface area (Å²) >= 11 is 1.61. The van der Waals surface area contributed by atoms with E-state index in [0.29, 0.717) is 23.8 Å². The molecule has 0 radical (unpaired) electrons. The quantitative estimate of drug-likeness (QED) is 0.698. The van der Waals surface area contributed by atoms with Crippen LogP contribution in [0.4, 0.5) is 0 Å². The van der Waals surface area contributed by atoms with Crippen LogP contribution in [-0.2, 0) is 11.3 Å². The van der Waals surface area contributed by atoms with Crippen LogP contribution in [-0.4, -0.2) is 61.7 Å². The van der Waals surface area contributed by atoms with E-state index in [-0.39, 0.29) is 5.78 Å². The van der Waals surface area contributed by atoms with E-state index in [1.807, 2.05) is 37.4 Å². The highest BCUT2D eigenvalue weighted by Gasteiger charge is 2.33. The Morgan fingerprint density at radius 3 is 2.70 bits per heavy atom. The van der Waals surface area contributed by atoms with Crippen LogP contribution in [0.1, 0.15) is 31.9 Å². The van der Waals surface area contributed by atoms with E-state index in [2.05, 4.69) is 9.80 Å². The third kappa shape index (κ3) is 3.67. The van der Waals surface area contributed by atoms with Crippen molar-refractivity contribution in [3.63, 3.8) is 0 Å². The van der Waals surface area contributed by atoms with Gasteiger partial charge in [0.05, 0.1) is 18.8 Å². The SMILES string of the molecule is Cc1ccsc1/C=C1\Oc2c(cc3c(c2C)OCN(CCN2CCOCC2)C3)C1=O. The minimum Gasteiger partial charge on any atom is -0.477 e. The predicted octanol–water partition coefficient (Wildman–Crippen LogP) is 3.47. The van der Waals surface area contributed by atoms with Crippen molar-refractivity contribution >= 4 is 23.2 Å². The number of rotatable bonds is 4. The smallest absolute Gasteiger partial charge is 0.232 e. The van der Waals surface area contributed by atoms with Crippen LogP contribution in [0.15, 0.2) is 23.3 Å². The Bertz CT molecular complexity index is 1010. The normalized spacial score (nSPS) is 20.7. The molecule has 5 rings (SSSR count). The summed E-state index contributed by atoms with van der Waals surface area (Å²) in [4.78, 5) is 18.8. The summed E-state index contributed by atoms with van der Waals surface area (Å²) in [6.07, 6.45) is 1.86. The van der Waals surface area contributed by atoms with Gasteiger partial charge in [0, 0.05) is 54.8 Å². The fraction of sp³-hybridized carbons (Fsp3) is 0.435. The maximum absolute atomic E-state index is 13.0. The van der Waals surface area contributed by atoms with Gasteiger partial charge in [0.15, 0.2) is 5.76 Å². The minimum absolute atomic E-state index is 0.0471. The zero-order valence-electron chi connectivity index (χ0n) is 17.4. The molecule has 0 atom stereocenters. The van der Waals surface area contributed by atoms with Crippen molar-refractivity contribution in [3.8, 4) is 11.5 Å². The first-order valence-electron chi connectivity index (χ1n) is 10.4. The number of ether oxygens (including phenoxy) is 3. The molecule has 158 valence electrons. The average Bonchev–Trinajstić information content (AvgIpc) is 3.31. The van der Waals surface area contributed by atoms with Gasteiger partial charge < -0.3 is 14.2 Å². The van der Waals surface area contributed by atoms with Gasteiger partial charge in [-0.15, -0.1) is 11.3 Å². The fourth-order valence-electron chi connectivity index (χ4n) is 4.20. The minimum atomic E-state index is -0.0471. The molecule has 2 aromatic rings. The highest BCUT2D eigenvalue weighted by molar-refractivity contribution is 7.11. The molecular weight excluding hydrogens is 400 g/mol. The van der Waals surface area contributed by atoms with Gasteiger partial charge in [-0.2, -0.15) is 0 Å². The Kier molecular flexibility index (Phi) is 5.37. The largest absolute Gasteiger partial charge is 0.477 e. The number of allylic oxidation sites excluding steroid dienone is 1. The molecule has 0 amide bonds. The van der Waals surface area contributed by atoms with Gasteiger partial charge in [-0.25, -0.2) is 0 Å². The number of benzene rings is 1. The Labute approximate surface area is 180 Å². The van der Waals surface area contributed by atoms with Crippen LogP contribution in [0.3, 0.4) is 0 Å². The number of fused-ring (bicyclic) bond motifs is 2. The van der Waals surface area contributed by atoms with Gasteiger partial charge in [0.25, 0.3) is 0 Å². The van der Waals surface area contributed by atoms with Crippen molar-refractivity contribution in [3.05, 3.63) is 50.4 Å². The summed E-state index contributed by atoms with van der Waals surface area (Å²) in [5.41, 5.74) is 3.76. The van der Waals surface area contributed by atoms with Gasteiger partial charge in [-0.3, -0.25) is 14.6 Å². The number of thiophene rings is 1. The second-order valence-corrected chi connectivity index (χ2v) is 9.00. The maximum atomic E-state index is 13.0. The molecule has 0 aliphatic carbocycles. The van der Waals surface area contributed by atoms with E-state index in [1.54, 1.807) is 11.3 Å². The molecule has 0 unspecified atom stereocenters. The molecule has 1 aromatic heterocycles. The maximum Gasteiger partial charge on any atom is 0.232 e. The van der Waals surface area contributed by atoms with Crippen LogP contribution in [0.5, 0.6) is 11.5 Å². The lowest BCUT2D eigenvalue weighted by molar-refractivity contribution is 0.0239. The van der Waals surface area contributed by atoms with Crippen LogP contribution in [0.2, 0.25) is 0 Å². The summed E-state index contributed by atoms with van der Waals surface area (Å²) in [5, 5.41) is 2.03. The fourth-order valence-corrected chi connectivity index (χ4v) is 5.05. The number of ketones is 1. The first-order valence-corrected chi connectivity index (χ1v) is 11.3. The van der Waals surface area contributed by atoms with Gasteiger partial charge in [-0.1, -0.05) is 0 Å². The number of carbonyl (C=O) groups excluding carboxylic acids is 1. The Morgan fingerprint density at radius 2 is 1.93 bits per heavy atom. The summed E-state index contributed by atoms with van der Waals surface area (Å²) in [7, 11) is 0. The molecule has 3 aliphatic heterocycles. The van der Waals surface area contributed by atoms with Crippen molar-refractivity contribution < 1.29 is 19.0 Å². The lowest BCUT2D eigenvalue weighted by Gasteiger charge is -2.33. The van der Waals surface area contributed by atoms with E-state index >= 15 is 0 Å². The average molecular weight is 427 g/mol. The molecule has 30 heavy (non-hydrogen) atoms. The Hall–Kier alpha value is -2.19. The number of aryl methyl sites for hydroxylation is 1. The molecule has 7 heteroatoms. The van der Waals surface area contributed by atoms with E-state index < -0.39 is 0 Å². The van der Waals surface area contributed by atoms with Gasteiger partial charge in [0.1, 0.15) is 18.2 Å². The molecule has 0 spiro atoms. The monoisotopic (exact) mass is 426 g/mol. The topological polar surface area (TPSA) is 51.2 Å². The summed E-state index contributed by atoms with van der Waals surface area (Å²) in [6.45, 7) is 10.9. The number of morpholine rings is 1. The van der Waals surface area contributed by atoms with Gasteiger partial charge >= 0.3 is 0 Å². The number of nitrogens with zero attached hydrogens (tertiary/aromatic N) is 2. The second kappa shape index (κ2) is 8.15. The summed E-state index contributed by atoms with van der Waals surface area (Å²) in [6, 6.07) is 4.01. The number of hydrogen-bond donors (Lipinski definition) is 0. The Balaban J connectivity index is 1.34. The second-order valence-electron chi connectivity index (χ2n) is 8.05. The van der Waals surface area contributed by atoms with Gasteiger partial charge in [0.2, 0.25) is 5.78 Å². The molecule has 6 nitrogen and oxygen atoms in total. The molecule has 3 aliphatic rings. The number of hydrogen-bond acceptors (Lipinski definition) is 7. The third-order valence-electron chi connectivity index (χ3n) is 6.00. The number of carbonyl (C=O) groups is 1. The third-order valence-corrected chi connectivity index (χ3v) is 6.97. The molecule has 1 aromatic carbocycles. The van der Waals surface area contributed by atoms with Crippen molar-refractivity contribution in [2.24, 2.45) is 0 Å². The lowest BCUT2D eigenvalue weighted by atomic mass is 10.00. The van der Waals surface area contributed by atoms with Crippen LogP contribution in [0, 0.1) is 13.8 Å². The van der Waals surface area contributed by atoms with Crippen LogP contribution in [0.25, 0.3) is 6.08 Å². The number of Topliss-reactive ketones (excluding diaryl/α,β-unsaturated/α-hetero) is 1. The van der Waals surface area contributed by atoms with Gasteiger partial charge in [-0.05, 0) is 36.9 Å². The van der Waals surface area contributed by atoms with Crippen LogP contribution < -0.4 is 9.47 Å². The van der Waals surface area contributed by atoms with E-state index in [4.69, 9.17) is 14.2 Å². The molecule has 1 saturated heterocycles. The zero-order valence-corrected chi connectivity index (χ0v) is 18.2. The highest BCUT2D eigenvalue weighted by Crippen LogP contribution is 2.43. The van der Waals surface area contributed by atoms with E-state index in [9.17, 15) is 4.79 Å². The molecular formula is C23H26N2O4S. The van der Waals surface area contributed by atoms with Crippen molar-refractivity contribution in [1.82, 2.24) is 9.80 Å². The van der Waals surface area contributed by atoms with Crippen molar-refractivity contribution in [2.45, 2.75) is 20.4 Å². The first-order chi connectivity index (χ1) is 14.6. The molecule has 0 saturated carbocycles. The molecule has 0 N–H and O–H groups in total. The van der Waals surface area contributed by atoms with Crippen molar-refractivity contribution in [1.29, 1.82) is 0 Å². The highest BCUT2D eigenvalue weighted by atomic mass is 32.1. The Morgan fingerprint density at radius 1 is 1.13 bits per heavy atom. The van der Waals surface area contributed by atoms with Crippen molar-refractivity contribution in [2.75, 3.05) is 46.1 Å². The van der Waals surface area contributed by atoms with E-state index in [1.165, 1.54) is 0 Å². The molecule has 1 fully saturated rings. The summed E-state index contributed by atoms with van der Waals surface area (Å²) in [5.74, 6) is 1.85. The van der Waals surface area contributed by atoms with E-state index in [0.717, 1.165) is 73.3 Å². The summed E-state index contributed by atoms with van der Waals surface area (Å²) < 4.78 is 17.5. The first kappa shape index (κ1) is 19.8. The van der Waals surface area contributed by atoms with Crippen LogP contribution >= 0.6 is 11.3 Å². The molecule has 4 heterocycles.